The van der Waals surface area contributed by atoms with Crippen molar-refractivity contribution in [3.05, 3.63) is 33.6 Å². The summed E-state index contributed by atoms with van der Waals surface area (Å²) >= 11 is 1.36. The van der Waals surface area contributed by atoms with E-state index in [1.807, 2.05) is 32.2 Å². The molecule has 2 aromatic rings. The van der Waals surface area contributed by atoms with Crippen LogP contribution >= 0.6 is 11.3 Å². The Bertz CT molecular complexity index is 575. The van der Waals surface area contributed by atoms with Crippen LogP contribution in [0.5, 0.6) is 5.75 Å². The third-order valence-corrected chi connectivity index (χ3v) is 3.49. The van der Waals surface area contributed by atoms with Crippen LogP contribution in [-0.2, 0) is 0 Å². The summed E-state index contributed by atoms with van der Waals surface area (Å²) in [6.45, 7) is 6.67. The Balaban J connectivity index is 2.45. The molecule has 3 nitrogen and oxygen atoms in total. The van der Waals surface area contributed by atoms with Gasteiger partial charge in [0.2, 0.25) is 0 Å². The van der Waals surface area contributed by atoms with Gasteiger partial charge in [0, 0.05) is 10.9 Å². The van der Waals surface area contributed by atoms with Crippen LogP contribution in [-0.4, -0.2) is 17.9 Å². The SMILES string of the molecule is CCOc1cc(C)c(-c2csc(C=O)n2)cc1C. The molecule has 0 bridgehead atoms. The Kier molecular flexibility index (Phi) is 3.77. The van der Waals surface area contributed by atoms with Gasteiger partial charge < -0.3 is 4.74 Å². The summed E-state index contributed by atoms with van der Waals surface area (Å²) < 4.78 is 5.56. The molecule has 1 aromatic heterocycles. The molecule has 0 aliphatic rings. The standard InChI is InChI=1S/C14H15NO2S/c1-4-17-13-6-9(2)11(5-10(13)3)12-8-18-14(7-16)15-12/h5-8H,4H2,1-3H3. The molecule has 0 N–H and O–H groups in total. The first-order valence-electron chi connectivity index (χ1n) is 5.80. The predicted molar refractivity (Wildman–Crippen MR) is 73.6 cm³/mol. The van der Waals surface area contributed by atoms with E-state index in [-0.39, 0.29) is 0 Å². The van der Waals surface area contributed by atoms with Gasteiger partial charge in [0.05, 0.1) is 12.3 Å². The first-order valence-corrected chi connectivity index (χ1v) is 6.68. The van der Waals surface area contributed by atoms with Gasteiger partial charge in [-0.05, 0) is 44.0 Å². The maximum absolute atomic E-state index is 10.7. The molecular weight excluding hydrogens is 246 g/mol. The van der Waals surface area contributed by atoms with Gasteiger partial charge in [-0.25, -0.2) is 4.98 Å². The van der Waals surface area contributed by atoms with Crippen molar-refractivity contribution < 1.29 is 9.53 Å². The lowest BCUT2D eigenvalue weighted by Crippen LogP contribution is -1.96. The highest BCUT2D eigenvalue weighted by atomic mass is 32.1. The number of aldehydes is 1. The maximum atomic E-state index is 10.7. The molecule has 0 atom stereocenters. The summed E-state index contributed by atoms with van der Waals surface area (Å²) in [7, 11) is 0. The van der Waals surface area contributed by atoms with E-state index in [0.29, 0.717) is 11.6 Å². The van der Waals surface area contributed by atoms with Gasteiger partial charge in [0.25, 0.3) is 0 Å². The minimum Gasteiger partial charge on any atom is -0.494 e. The number of nitrogens with zero attached hydrogens (tertiary/aromatic N) is 1. The van der Waals surface area contributed by atoms with Crippen molar-refractivity contribution in [3.63, 3.8) is 0 Å². The van der Waals surface area contributed by atoms with E-state index in [4.69, 9.17) is 4.74 Å². The number of carbonyl (C=O) groups excluding carboxylic acids is 1. The third-order valence-electron chi connectivity index (χ3n) is 2.72. The summed E-state index contributed by atoms with van der Waals surface area (Å²) in [5.74, 6) is 0.907. The first-order chi connectivity index (χ1) is 8.65. The zero-order valence-corrected chi connectivity index (χ0v) is 11.5. The topological polar surface area (TPSA) is 39.2 Å². The fraction of sp³-hybridized carbons (Fsp3) is 0.286. The second kappa shape index (κ2) is 5.31. The summed E-state index contributed by atoms with van der Waals surface area (Å²) in [4.78, 5) is 15.0. The maximum Gasteiger partial charge on any atom is 0.178 e. The number of thiazole rings is 1. The number of aryl methyl sites for hydroxylation is 2. The average molecular weight is 261 g/mol. The lowest BCUT2D eigenvalue weighted by molar-refractivity contribution is 0.112. The zero-order chi connectivity index (χ0) is 13.1. The molecule has 1 aromatic carbocycles. The summed E-state index contributed by atoms with van der Waals surface area (Å²) in [6.07, 6.45) is 0.783. The van der Waals surface area contributed by atoms with Crippen molar-refractivity contribution in [3.8, 4) is 17.0 Å². The largest absolute Gasteiger partial charge is 0.494 e. The van der Waals surface area contributed by atoms with Crippen molar-refractivity contribution in [1.29, 1.82) is 0 Å². The molecule has 2 rings (SSSR count). The number of ether oxygens (including phenoxy) is 1. The quantitative estimate of drug-likeness (QED) is 0.789. The fourth-order valence-corrected chi connectivity index (χ4v) is 2.46. The molecule has 0 fully saturated rings. The monoisotopic (exact) mass is 261 g/mol. The highest BCUT2D eigenvalue weighted by Crippen LogP contribution is 2.30. The molecular formula is C14H15NO2S. The van der Waals surface area contributed by atoms with Crippen LogP contribution in [0.4, 0.5) is 0 Å². The van der Waals surface area contributed by atoms with Gasteiger partial charge in [0.1, 0.15) is 5.75 Å². The predicted octanol–water partition coefficient (Wildman–Crippen LogP) is 3.64. The molecule has 1 heterocycles. The minimum atomic E-state index is 0.510. The van der Waals surface area contributed by atoms with E-state index in [1.165, 1.54) is 11.3 Å². The molecule has 0 saturated heterocycles. The van der Waals surface area contributed by atoms with Crippen LogP contribution in [0, 0.1) is 13.8 Å². The third kappa shape index (κ3) is 2.43. The lowest BCUT2D eigenvalue weighted by Gasteiger charge is -2.11. The Labute approximate surface area is 110 Å². The van der Waals surface area contributed by atoms with E-state index < -0.39 is 0 Å². The Hall–Kier alpha value is -1.68. The highest BCUT2D eigenvalue weighted by Gasteiger charge is 2.10. The van der Waals surface area contributed by atoms with Crippen molar-refractivity contribution in [2.24, 2.45) is 0 Å². The van der Waals surface area contributed by atoms with Gasteiger partial charge in [0.15, 0.2) is 11.3 Å². The molecule has 4 heteroatoms. The van der Waals surface area contributed by atoms with Gasteiger partial charge >= 0.3 is 0 Å². The second-order valence-electron chi connectivity index (χ2n) is 4.05. The average Bonchev–Trinajstić information content (AvgIpc) is 2.82. The zero-order valence-electron chi connectivity index (χ0n) is 10.7. The van der Waals surface area contributed by atoms with E-state index >= 15 is 0 Å². The normalized spacial score (nSPS) is 10.4. The van der Waals surface area contributed by atoms with Crippen molar-refractivity contribution >= 4 is 17.6 Å². The van der Waals surface area contributed by atoms with Crippen LogP contribution in [0.2, 0.25) is 0 Å². The number of rotatable bonds is 4. The van der Waals surface area contributed by atoms with Gasteiger partial charge in [-0.3, -0.25) is 4.79 Å². The van der Waals surface area contributed by atoms with Crippen LogP contribution in [0.1, 0.15) is 27.9 Å². The van der Waals surface area contributed by atoms with E-state index in [9.17, 15) is 4.79 Å². The van der Waals surface area contributed by atoms with E-state index in [1.54, 1.807) is 0 Å². The molecule has 94 valence electrons. The Morgan fingerprint density at radius 1 is 1.33 bits per heavy atom. The molecule has 0 spiro atoms. The van der Waals surface area contributed by atoms with Crippen LogP contribution < -0.4 is 4.74 Å². The van der Waals surface area contributed by atoms with Crippen LogP contribution in [0.25, 0.3) is 11.3 Å². The summed E-state index contributed by atoms with van der Waals surface area (Å²) in [6, 6.07) is 4.08. The smallest absolute Gasteiger partial charge is 0.178 e. The summed E-state index contributed by atoms with van der Waals surface area (Å²) in [5, 5.41) is 2.42. The number of benzene rings is 1. The minimum absolute atomic E-state index is 0.510. The van der Waals surface area contributed by atoms with E-state index in [2.05, 4.69) is 11.1 Å². The Morgan fingerprint density at radius 3 is 2.72 bits per heavy atom. The van der Waals surface area contributed by atoms with Crippen molar-refractivity contribution in [2.45, 2.75) is 20.8 Å². The highest BCUT2D eigenvalue weighted by molar-refractivity contribution is 7.11. The molecule has 0 saturated carbocycles. The molecule has 18 heavy (non-hydrogen) atoms. The molecule has 0 radical (unpaired) electrons. The number of aromatic nitrogens is 1. The lowest BCUT2D eigenvalue weighted by atomic mass is 10.0. The molecule has 0 aliphatic heterocycles. The Morgan fingerprint density at radius 2 is 2.11 bits per heavy atom. The van der Waals surface area contributed by atoms with Crippen molar-refractivity contribution in [2.75, 3.05) is 6.61 Å². The number of carbonyl (C=O) groups is 1. The molecule has 0 amide bonds. The van der Waals surface area contributed by atoms with Gasteiger partial charge in [-0.1, -0.05) is 0 Å². The molecule has 0 unspecified atom stereocenters. The van der Waals surface area contributed by atoms with Crippen molar-refractivity contribution in [1.82, 2.24) is 4.98 Å². The first kappa shape index (κ1) is 12.8. The number of hydrogen-bond donors (Lipinski definition) is 0. The number of hydrogen-bond acceptors (Lipinski definition) is 4. The van der Waals surface area contributed by atoms with Crippen LogP contribution in [0.3, 0.4) is 0 Å². The second-order valence-corrected chi connectivity index (χ2v) is 4.94. The van der Waals surface area contributed by atoms with Crippen LogP contribution in [0.15, 0.2) is 17.5 Å². The molecule has 0 aliphatic carbocycles. The fourth-order valence-electron chi connectivity index (χ4n) is 1.84. The van der Waals surface area contributed by atoms with Gasteiger partial charge in [-0.2, -0.15) is 0 Å². The summed E-state index contributed by atoms with van der Waals surface area (Å²) in [5.41, 5.74) is 4.09. The van der Waals surface area contributed by atoms with E-state index in [0.717, 1.165) is 34.4 Å². The van der Waals surface area contributed by atoms with Gasteiger partial charge in [-0.15, -0.1) is 11.3 Å².